The Morgan fingerprint density at radius 1 is 1.37 bits per heavy atom. The van der Waals surface area contributed by atoms with Gasteiger partial charge in [-0.1, -0.05) is 12.1 Å². The van der Waals surface area contributed by atoms with Gasteiger partial charge in [0.15, 0.2) is 5.11 Å². The molecule has 0 atom stereocenters. The summed E-state index contributed by atoms with van der Waals surface area (Å²) in [5, 5.41) is 3.41. The zero-order chi connectivity index (χ0) is 13.8. The molecular weight excluding hydrogens is 347 g/mol. The first-order chi connectivity index (χ1) is 9.06. The van der Waals surface area contributed by atoms with Gasteiger partial charge in [0.2, 0.25) is 0 Å². The van der Waals surface area contributed by atoms with Crippen LogP contribution >= 0.6 is 39.5 Å². The van der Waals surface area contributed by atoms with Crippen LogP contribution in [0.1, 0.15) is 4.88 Å². The van der Waals surface area contributed by atoms with Gasteiger partial charge in [-0.2, -0.15) is 0 Å². The molecule has 0 bridgehead atoms. The fourth-order valence-corrected chi connectivity index (χ4v) is 3.23. The Morgan fingerprint density at radius 2 is 2.11 bits per heavy atom. The van der Waals surface area contributed by atoms with E-state index in [1.165, 1.54) is 10.9 Å². The third-order valence-corrected chi connectivity index (χ3v) is 4.51. The topological polar surface area (TPSA) is 15.3 Å². The number of thiophene rings is 1. The predicted molar refractivity (Wildman–Crippen MR) is 86.1 cm³/mol. The second-order valence-corrected chi connectivity index (χ2v) is 6.91. The van der Waals surface area contributed by atoms with Crippen LogP contribution in [0.5, 0.6) is 0 Å². The number of thiocarbonyl (C=S) groups is 1. The summed E-state index contributed by atoms with van der Waals surface area (Å²) in [4.78, 5) is 3.06. The minimum Gasteiger partial charge on any atom is -0.347 e. The molecule has 0 aliphatic rings. The molecule has 0 aliphatic heterocycles. The fourth-order valence-electron chi connectivity index (χ4n) is 1.52. The quantitative estimate of drug-likeness (QED) is 0.814. The van der Waals surface area contributed by atoms with Crippen molar-refractivity contribution in [3.05, 3.63) is 50.9 Å². The van der Waals surface area contributed by atoms with E-state index in [2.05, 4.69) is 21.2 Å². The molecule has 0 radical (unpaired) electrons. The van der Waals surface area contributed by atoms with E-state index in [9.17, 15) is 4.39 Å². The van der Waals surface area contributed by atoms with Crippen LogP contribution in [-0.4, -0.2) is 17.1 Å². The van der Waals surface area contributed by atoms with Gasteiger partial charge >= 0.3 is 0 Å². The van der Waals surface area contributed by atoms with Gasteiger partial charge in [0.1, 0.15) is 5.82 Å². The number of rotatable bonds is 3. The molecule has 0 saturated heterocycles. The largest absolute Gasteiger partial charge is 0.347 e. The average Bonchev–Trinajstić information content (AvgIpc) is 2.77. The third-order valence-electron chi connectivity index (χ3n) is 2.48. The molecule has 0 amide bonds. The minimum absolute atomic E-state index is 0.308. The number of nitrogens with zero attached hydrogens (tertiary/aromatic N) is 1. The van der Waals surface area contributed by atoms with Crippen molar-refractivity contribution in [1.29, 1.82) is 0 Å². The van der Waals surface area contributed by atoms with Crippen molar-refractivity contribution in [2.75, 3.05) is 12.4 Å². The highest BCUT2D eigenvalue weighted by atomic mass is 79.9. The zero-order valence-electron chi connectivity index (χ0n) is 10.2. The minimum atomic E-state index is -0.308. The summed E-state index contributed by atoms with van der Waals surface area (Å²) in [6.45, 7) is 0.691. The van der Waals surface area contributed by atoms with Gasteiger partial charge in [0.05, 0.1) is 16.0 Å². The Morgan fingerprint density at radius 3 is 2.74 bits per heavy atom. The summed E-state index contributed by atoms with van der Waals surface area (Å²) in [6.07, 6.45) is 0. The van der Waals surface area contributed by atoms with Crippen LogP contribution in [0.25, 0.3) is 0 Å². The number of anilines is 1. The maximum Gasteiger partial charge on any atom is 0.173 e. The molecule has 1 N–H and O–H groups in total. The normalized spacial score (nSPS) is 10.3. The van der Waals surface area contributed by atoms with Crippen LogP contribution in [-0.2, 0) is 6.54 Å². The third kappa shape index (κ3) is 3.99. The first-order valence-electron chi connectivity index (χ1n) is 5.57. The summed E-state index contributed by atoms with van der Waals surface area (Å²) in [6, 6.07) is 10.5. The highest BCUT2D eigenvalue weighted by Gasteiger charge is 2.09. The van der Waals surface area contributed by atoms with Gasteiger partial charge in [-0.05, 0) is 52.4 Å². The first-order valence-corrected chi connectivity index (χ1v) is 7.59. The van der Waals surface area contributed by atoms with E-state index in [1.807, 2.05) is 24.1 Å². The molecule has 0 spiro atoms. The number of benzene rings is 1. The van der Waals surface area contributed by atoms with Crippen LogP contribution in [0.3, 0.4) is 0 Å². The molecule has 0 aliphatic carbocycles. The molecule has 19 heavy (non-hydrogen) atoms. The Hall–Kier alpha value is -0.980. The molecule has 2 aromatic rings. The van der Waals surface area contributed by atoms with Crippen molar-refractivity contribution in [1.82, 2.24) is 4.90 Å². The molecule has 100 valence electrons. The van der Waals surface area contributed by atoms with Crippen molar-refractivity contribution < 1.29 is 4.39 Å². The maximum absolute atomic E-state index is 13.5. The van der Waals surface area contributed by atoms with E-state index in [4.69, 9.17) is 12.2 Å². The van der Waals surface area contributed by atoms with Crippen molar-refractivity contribution in [2.24, 2.45) is 0 Å². The number of hydrogen-bond acceptors (Lipinski definition) is 2. The summed E-state index contributed by atoms with van der Waals surface area (Å²) in [7, 11) is 1.88. The Balaban J connectivity index is 1.98. The van der Waals surface area contributed by atoms with Gasteiger partial charge < -0.3 is 10.2 Å². The summed E-state index contributed by atoms with van der Waals surface area (Å²) >= 11 is 10.3. The number of hydrogen-bond donors (Lipinski definition) is 1. The standard InChI is InChI=1S/C13H12BrFN2S2/c1-17(8-9-6-7-12(14)19-9)13(18)16-11-5-3-2-4-10(11)15/h2-7H,8H2,1H3,(H,16,18). The van der Waals surface area contributed by atoms with E-state index >= 15 is 0 Å². The summed E-state index contributed by atoms with van der Waals surface area (Å²) < 4.78 is 14.6. The monoisotopic (exact) mass is 358 g/mol. The van der Waals surface area contributed by atoms with Gasteiger partial charge in [-0.25, -0.2) is 4.39 Å². The first kappa shape index (κ1) is 14.4. The maximum atomic E-state index is 13.5. The lowest BCUT2D eigenvalue weighted by Crippen LogP contribution is -2.30. The second kappa shape index (κ2) is 6.45. The molecule has 0 saturated carbocycles. The summed E-state index contributed by atoms with van der Waals surface area (Å²) in [5.41, 5.74) is 0.395. The van der Waals surface area contributed by atoms with Crippen LogP contribution < -0.4 is 5.32 Å². The fraction of sp³-hybridized carbons (Fsp3) is 0.154. The van der Waals surface area contributed by atoms with Crippen molar-refractivity contribution in [2.45, 2.75) is 6.54 Å². The van der Waals surface area contributed by atoms with Gasteiger partial charge in [0, 0.05) is 11.9 Å². The molecule has 0 unspecified atom stereocenters. The second-order valence-electron chi connectivity index (χ2n) is 3.97. The highest BCUT2D eigenvalue weighted by molar-refractivity contribution is 9.11. The van der Waals surface area contributed by atoms with Crippen LogP contribution in [0, 0.1) is 5.82 Å². The molecule has 1 heterocycles. The lowest BCUT2D eigenvalue weighted by atomic mass is 10.3. The smallest absolute Gasteiger partial charge is 0.173 e. The Kier molecular flexibility index (Phi) is 4.90. The van der Waals surface area contributed by atoms with Crippen molar-refractivity contribution in [3.8, 4) is 0 Å². The van der Waals surface area contributed by atoms with Crippen LogP contribution in [0.2, 0.25) is 0 Å². The molecule has 2 nitrogen and oxygen atoms in total. The number of halogens is 2. The van der Waals surface area contributed by atoms with E-state index in [1.54, 1.807) is 29.5 Å². The molecule has 0 fully saturated rings. The summed E-state index contributed by atoms with van der Waals surface area (Å²) in [5.74, 6) is -0.308. The lowest BCUT2D eigenvalue weighted by molar-refractivity contribution is 0.513. The van der Waals surface area contributed by atoms with E-state index in [-0.39, 0.29) is 5.82 Å². The van der Waals surface area contributed by atoms with Crippen molar-refractivity contribution in [3.63, 3.8) is 0 Å². The molecule has 6 heteroatoms. The molecular formula is C13H12BrFN2S2. The zero-order valence-corrected chi connectivity index (χ0v) is 13.4. The average molecular weight is 359 g/mol. The Labute approximate surface area is 129 Å². The molecule has 2 rings (SSSR count). The SMILES string of the molecule is CN(Cc1ccc(Br)s1)C(=S)Nc1ccccc1F. The van der Waals surface area contributed by atoms with Gasteiger partial charge in [0.25, 0.3) is 0 Å². The predicted octanol–water partition coefficient (Wildman–Crippen LogP) is 4.48. The Bertz CT molecular complexity index is 586. The van der Waals surface area contributed by atoms with Gasteiger partial charge in [-0.15, -0.1) is 11.3 Å². The molecule has 1 aromatic carbocycles. The van der Waals surface area contributed by atoms with Crippen molar-refractivity contribution >= 4 is 50.3 Å². The van der Waals surface area contributed by atoms with E-state index < -0.39 is 0 Å². The number of nitrogens with one attached hydrogen (secondary N) is 1. The highest BCUT2D eigenvalue weighted by Crippen LogP contribution is 2.23. The lowest BCUT2D eigenvalue weighted by Gasteiger charge is -2.20. The van der Waals surface area contributed by atoms with E-state index in [0.29, 0.717) is 17.3 Å². The molecule has 1 aromatic heterocycles. The van der Waals surface area contributed by atoms with Crippen LogP contribution in [0.15, 0.2) is 40.2 Å². The van der Waals surface area contributed by atoms with Crippen LogP contribution in [0.4, 0.5) is 10.1 Å². The van der Waals surface area contributed by atoms with E-state index in [0.717, 1.165) is 3.79 Å². The number of para-hydroxylation sites is 1. The van der Waals surface area contributed by atoms with Gasteiger partial charge in [-0.3, -0.25) is 0 Å².